The molecule has 0 unspecified atom stereocenters. The number of nitrogens with two attached hydrogens (primary N) is 1. The average Bonchev–Trinajstić information content (AvgIpc) is 2.33. The molecule has 0 fully saturated rings. The predicted molar refractivity (Wildman–Crippen MR) is 62.7 cm³/mol. The number of rotatable bonds is 2. The fraction of sp³-hybridized carbons (Fsp3) is 0. The van der Waals surface area contributed by atoms with E-state index in [1.54, 1.807) is 48.8 Å². The summed E-state index contributed by atoms with van der Waals surface area (Å²) >= 11 is 0. The SMILES string of the molecule is NC(=Nc1ccccc1O)c1ccncc1. The van der Waals surface area contributed by atoms with Gasteiger partial charge in [0.15, 0.2) is 0 Å². The van der Waals surface area contributed by atoms with Crippen molar-refractivity contribution in [3.63, 3.8) is 0 Å². The minimum absolute atomic E-state index is 0.111. The standard InChI is InChI=1S/C12H11N3O/c13-12(9-5-7-14-8-6-9)15-10-3-1-2-4-11(10)16/h1-8,16H,(H2,13,15). The number of aromatic nitrogens is 1. The Bertz CT molecular complexity index is 509. The topological polar surface area (TPSA) is 71.5 Å². The highest BCUT2D eigenvalue weighted by molar-refractivity contribution is 5.99. The maximum atomic E-state index is 9.53. The summed E-state index contributed by atoms with van der Waals surface area (Å²) in [6, 6.07) is 10.3. The summed E-state index contributed by atoms with van der Waals surface area (Å²) in [5.74, 6) is 0.461. The van der Waals surface area contributed by atoms with Gasteiger partial charge < -0.3 is 10.8 Å². The Morgan fingerprint density at radius 1 is 1.12 bits per heavy atom. The summed E-state index contributed by atoms with van der Waals surface area (Å²) in [5, 5.41) is 9.53. The Labute approximate surface area is 93.1 Å². The monoisotopic (exact) mass is 213 g/mol. The number of pyridine rings is 1. The lowest BCUT2D eigenvalue weighted by Crippen LogP contribution is -2.12. The molecule has 16 heavy (non-hydrogen) atoms. The molecular formula is C12H11N3O. The number of nitrogens with zero attached hydrogens (tertiary/aromatic N) is 2. The first-order valence-electron chi connectivity index (χ1n) is 4.80. The third-order valence-electron chi connectivity index (χ3n) is 2.10. The zero-order valence-corrected chi connectivity index (χ0v) is 8.54. The summed E-state index contributed by atoms with van der Waals surface area (Å²) in [6.07, 6.45) is 3.28. The van der Waals surface area contributed by atoms with Crippen molar-refractivity contribution in [3.05, 3.63) is 54.4 Å². The maximum absolute atomic E-state index is 9.53. The van der Waals surface area contributed by atoms with E-state index >= 15 is 0 Å². The quantitative estimate of drug-likeness (QED) is 0.590. The third kappa shape index (κ3) is 2.17. The van der Waals surface area contributed by atoms with Gasteiger partial charge in [-0.1, -0.05) is 12.1 Å². The summed E-state index contributed by atoms with van der Waals surface area (Å²) in [6.45, 7) is 0. The van der Waals surface area contributed by atoms with Crippen LogP contribution in [0.15, 0.2) is 53.8 Å². The molecule has 0 aliphatic carbocycles. The van der Waals surface area contributed by atoms with E-state index < -0.39 is 0 Å². The second kappa shape index (κ2) is 4.44. The largest absolute Gasteiger partial charge is 0.506 e. The molecule has 0 spiro atoms. The number of aliphatic imine (C=N–C) groups is 1. The van der Waals surface area contributed by atoms with Gasteiger partial charge in [0.2, 0.25) is 0 Å². The molecule has 0 amide bonds. The molecule has 80 valence electrons. The molecule has 0 aliphatic heterocycles. The van der Waals surface area contributed by atoms with Crippen LogP contribution >= 0.6 is 0 Å². The van der Waals surface area contributed by atoms with Gasteiger partial charge in [0.1, 0.15) is 17.3 Å². The molecule has 0 bridgehead atoms. The summed E-state index contributed by atoms with van der Waals surface area (Å²) in [7, 11) is 0. The number of hydrogen-bond donors (Lipinski definition) is 2. The Balaban J connectivity index is 2.36. The van der Waals surface area contributed by atoms with Crippen LogP contribution in [0.3, 0.4) is 0 Å². The van der Waals surface area contributed by atoms with Crippen molar-refractivity contribution < 1.29 is 5.11 Å². The number of amidine groups is 1. The number of benzene rings is 1. The van der Waals surface area contributed by atoms with E-state index in [1.807, 2.05) is 0 Å². The van der Waals surface area contributed by atoms with Gasteiger partial charge in [0, 0.05) is 18.0 Å². The molecule has 0 saturated carbocycles. The highest BCUT2D eigenvalue weighted by Crippen LogP contribution is 2.25. The highest BCUT2D eigenvalue weighted by Gasteiger charge is 2.00. The smallest absolute Gasteiger partial charge is 0.141 e. The zero-order chi connectivity index (χ0) is 11.4. The van der Waals surface area contributed by atoms with E-state index in [0.717, 1.165) is 5.56 Å². The van der Waals surface area contributed by atoms with Crippen LogP contribution in [0.2, 0.25) is 0 Å². The van der Waals surface area contributed by atoms with E-state index in [4.69, 9.17) is 5.73 Å². The fourth-order valence-electron chi connectivity index (χ4n) is 1.28. The number of phenols is 1. The van der Waals surface area contributed by atoms with Crippen molar-refractivity contribution in [2.24, 2.45) is 10.7 Å². The van der Waals surface area contributed by atoms with Crippen LogP contribution in [0.1, 0.15) is 5.56 Å². The van der Waals surface area contributed by atoms with E-state index in [1.165, 1.54) is 0 Å². The molecule has 3 N–H and O–H groups in total. The van der Waals surface area contributed by atoms with Crippen molar-refractivity contribution in [1.29, 1.82) is 0 Å². The molecule has 1 aromatic heterocycles. The molecule has 0 atom stereocenters. The average molecular weight is 213 g/mol. The first-order valence-corrected chi connectivity index (χ1v) is 4.80. The Morgan fingerprint density at radius 3 is 2.50 bits per heavy atom. The number of aromatic hydroxyl groups is 1. The van der Waals surface area contributed by atoms with Crippen LogP contribution < -0.4 is 5.73 Å². The van der Waals surface area contributed by atoms with Gasteiger partial charge in [0.25, 0.3) is 0 Å². The summed E-state index contributed by atoms with van der Waals surface area (Å²) < 4.78 is 0. The summed E-state index contributed by atoms with van der Waals surface area (Å²) in [4.78, 5) is 8.04. The second-order valence-corrected chi connectivity index (χ2v) is 3.22. The van der Waals surface area contributed by atoms with Crippen LogP contribution in [0.25, 0.3) is 0 Å². The molecule has 0 saturated heterocycles. The predicted octanol–water partition coefficient (Wildman–Crippen LogP) is 1.82. The van der Waals surface area contributed by atoms with Gasteiger partial charge in [-0.2, -0.15) is 0 Å². The van der Waals surface area contributed by atoms with Crippen molar-refractivity contribution in [2.45, 2.75) is 0 Å². The van der Waals surface area contributed by atoms with Gasteiger partial charge in [-0.3, -0.25) is 4.98 Å². The first-order chi connectivity index (χ1) is 7.77. The molecule has 1 heterocycles. The molecule has 2 rings (SSSR count). The van der Waals surface area contributed by atoms with Crippen molar-refractivity contribution in [3.8, 4) is 5.75 Å². The van der Waals surface area contributed by atoms with Crippen LogP contribution in [-0.4, -0.2) is 15.9 Å². The van der Waals surface area contributed by atoms with Crippen molar-refractivity contribution in [2.75, 3.05) is 0 Å². The lowest BCUT2D eigenvalue weighted by Gasteiger charge is -2.01. The van der Waals surface area contributed by atoms with Crippen LogP contribution in [0.5, 0.6) is 5.75 Å². The Hall–Kier alpha value is -2.36. The zero-order valence-electron chi connectivity index (χ0n) is 8.54. The third-order valence-corrected chi connectivity index (χ3v) is 2.10. The molecule has 0 aliphatic rings. The normalized spacial score (nSPS) is 11.4. The number of para-hydroxylation sites is 2. The van der Waals surface area contributed by atoms with Gasteiger partial charge >= 0.3 is 0 Å². The molecule has 4 nitrogen and oxygen atoms in total. The Kier molecular flexibility index (Phi) is 2.82. The fourth-order valence-corrected chi connectivity index (χ4v) is 1.28. The number of phenolic OH excluding ortho intramolecular Hbond substituents is 1. The minimum Gasteiger partial charge on any atom is -0.506 e. The van der Waals surface area contributed by atoms with Gasteiger partial charge in [-0.25, -0.2) is 4.99 Å². The van der Waals surface area contributed by atoms with Crippen molar-refractivity contribution >= 4 is 11.5 Å². The van der Waals surface area contributed by atoms with E-state index in [9.17, 15) is 5.11 Å². The van der Waals surface area contributed by atoms with Crippen molar-refractivity contribution in [1.82, 2.24) is 4.98 Å². The molecule has 4 heteroatoms. The lowest BCUT2D eigenvalue weighted by molar-refractivity contribution is 0.477. The second-order valence-electron chi connectivity index (χ2n) is 3.22. The highest BCUT2D eigenvalue weighted by atomic mass is 16.3. The Morgan fingerprint density at radius 2 is 1.81 bits per heavy atom. The van der Waals surface area contributed by atoms with Gasteiger partial charge in [0.05, 0.1) is 0 Å². The minimum atomic E-state index is 0.111. The molecular weight excluding hydrogens is 202 g/mol. The first kappa shape index (κ1) is 10.2. The number of hydrogen-bond acceptors (Lipinski definition) is 3. The van der Waals surface area contributed by atoms with Crippen LogP contribution in [0.4, 0.5) is 5.69 Å². The summed E-state index contributed by atoms with van der Waals surface area (Å²) in [5.41, 5.74) is 7.04. The van der Waals surface area contributed by atoms with Crippen LogP contribution in [-0.2, 0) is 0 Å². The van der Waals surface area contributed by atoms with Gasteiger partial charge in [-0.05, 0) is 24.3 Å². The molecule has 2 aromatic rings. The maximum Gasteiger partial charge on any atom is 0.141 e. The molecule has 1 aromatic carbocycles. The van der Waals surface area contributed by atoms with Gasteiger partial charge in [-0.15, -0.1) is 0 Å². The lowest BCUT2D eigenvalue weighted by atomic mass is 10.2. The van der Waals surface area contributed by atoms with E-state index in [0.29, 0.717) is 11.5 Å². The van der Waals surface area contributed by atoms with Crippen LogP contribution in [0, 0.1) is 0 Å². The van der Waals surface area contributed by atoms with E-state index in [-0.39, 0.29) is 5.75 Å². The molecule has 0 radical (unpaired) electrons. The van der Waals surface area contributed by atoms with E-state index in [2.05, 4.69) is 9.98 Å².